The summed E-state index contributed by atoms with van der Waals surface area (Å²) in [5, 5.41) is 8.82. The van der Waals surface area contributed by atoms with Gasteiger partial charge in [0.1, 0.15) is 28.2 Å². The Balaban J connectivity index is 2.48. The first-order valence-electron chi connectivity index (χ1n) is 5.41. The third kappa shape index (κ3) is 2.60. The quantitative estimate of drug-likeness (QED) is 0.946. The molecule has 0 aliphatic heterocycles. The highest BCUT2D eigenvalue weighted by Gasteiger charge is 2.20. The molecule has 1 N–H and O–H groups in total. The molecule has 0 heterocycles. The number of halogens is 2. The van der Waals surface area contributed by atoms with Gasteiger partial charge in [0, 0.05) is 0 Å². The number of sulfonamides is 1. The summed E-state index contributed by atoms with van der Waals surface area (Å²) < 4.78 is 52.9. The Morgan fingerprint density at radius 3 is 2.30 bits per heavy atom. The van der Waals surface area contributed by atoms with Crippen LogP contribution in [-0.2, 0) is 10.0 Å². The van der Waals surface area contributed by atoms with Gasteiger partial charge in [-0.1, -0.05) is 18.2 Å². The van der Waals surface area contributed by atoms with E-state index in [4.69, 9.17) is 5.26 Å². The number of benzene rings is 2. The highest BCUT2D eigenvalue weighted by atomic mass is 32.2. The van der Waals surface area contributed by atoms with E-state index in [0.29, 0.717) is 0 Å². The van der Waals surface area contributed by atoms with Crippen molar-refractivity contribution in [2.24, 2.45) is 0 Å². The maximum atomic E-state index is 13.5. The fourth-order valence-electron chi connectivity index (χ4n) is 1.59. The molecule has 0 radical (unpaired) electrons. The summed E-state index contributed by atoms with van der Waals surface area (Å²) >= 11 is 0. The van der Waals surface area contributed by atoms with Crippen LogP contribution in [0.2, 0.25) is 0 Å². The van der Waals surface area contributed by atoms with Crippen LogP contribution in [0.1, 0.15) is 5.56 Å². The number of hydrogen-bond acceptors (Lipinski definition) is 3. The molecule has 0 unspecified atom stereocenters. The second-order valence-electron chi connectivity index (χ2n) is 3.81. The second-order valence-corrected chi connectivity index (χ2v) is 5.46. The first kappa shape index (κ1) is 14.0. The van der Waals surface area contributed by atoms with Gasteiger partial charge in [0.25, 0.3) is 10.0 Å². The fourth-order valence-corrected chi connectivity index (χ4v) is 2.74. The molecule has 0 aliphatic carbocycles. The van der Waals surface area contributed by atoms with E-state index in [1.54, 1.807) is 6.07 Å². The lowest BCUT2D eigenvalue weighted by Gasteiger charge is -2.10. The second kappa shape index (κ2) is 5.27. The maximum absolute atomic E-state index is 13.5. The van der Waals surface area contributed by atoms with Crippen molar-refractivity contribution in [3.05, 3.63) is 59.7 Å². The molecule has 0 saturated carbocycles. The van der Waals surface area contributed by atoms with E-state index in [2.05, 4.69) is 0 Å². The lowest BCUT2D eigenvalue weighted by molar-refractivity contribution is 0.570. The van der Waals surface area contributed by atoms with Gasteiger partial charge in [0.05, 0.1) is 5.69 Å². The Hall–Kier alpha value is -2.46. The van der Waals surface area contributed by atoms with E-state index < -0.39 is 32.1 Å². The zero-order valence-corrected chi connectivity index (χ0v) is 10.8. The number of nitrogens with one attached hydrogen (secondary N) is 1. The average Bonchev–Trinajstić information content (AvgIpc) is 2.39. The van der Waals surface area contributed by atoms with E-state index in [1.165, 1.54) is 24.3 Å². The van der Waals surface area contributed by atoms with Crippen LogP contribution < -0.4 is 4.72 Å². The minimum Gasteiger partial charge on any atom is -0.278 e. The first-order chi connectivity index (χ1) is 9.45. The van der Waals surface area contributed by atoms with Crippen molar-refractivity contribution >= 4 is 15.7 Å². The third-order valence-corrected chi connectivity index (χ3v) is 3.89. The highest BCUT2D eigenvalue weighted by Crippen LogP contribution is 2.22. The van der Waals surface area contributed by atoms with Gasteiger partial charge >= 0.3 is 0 Å². The SMILES string of the molecule is N#Cc1c(F)cccc1NS(=O)(=O)c1ccccc1F. The van der Waals surface area contributed by atoms with Crippen LogP contribution in [0.5, 0.6) is 0 Å². The van der Waals surface area contributed by atoms with Gasteiger partial charge in [0.2, 0.25) is 0 Å². The standard InChI is InChI=1S/C13H8F2N2O2S/c14-10-5-3-6-12(9(10)8-16)17-20(18,19)13-7-2-1-4-11(13)15/h1-7,17H. The van der Waals surface area contributed by atoms with Crippen LogP contribution in [0.4, 0.5) is 14.5 Å². The van der Waals surface area contributed by atoms with Gasteiger partial charge in [-0.05, 0) is 24.3 Å². The van der Waals surface area contributed by atoms with Crippen molar-refractivity contribution < 1.29 is 17.2 Å². The number of hydrogen-bond donors (Lipinski definition) is 1. The van der Waals surface area contributed by atoms with Gasteiger partial charge in [-0.3, -0.25) is 4.72 Å². The van der Waals surface area contributed by atoms with Gasteiger partial charge in [-0.15, -0.1) is 0 Å². The van der Waals surface area contributed by atoms with Gasteiger partial charge < -0.3 is 0 Å². The minimum atomic E-state index is -4.24. The van der Waals surface area contributed by atoms with Crippen LogP contribution in [0.3, 0.4) is 0 Å². The molecular weight excluding hydrogens is 286 g/mol. The zero-order chi connectivity index (χ0) is 14.8. The van der Waals surface area contributed by atoms with Crippen molar-refractivity contribution in [2.75, 3.05) is 4.72 Å². The van der Waals surface area contributed by atoms with Crippen molar-refractivity contribution in [1.82, 2.24) is 0 Å². The molecule has 2 rings (SSSR count). The monoisotopic (exact) mass is 294 g/mol. The van der Waals surface area contributed by atoms with Crippen LogP contribution in [-0.4, -0.2) is 8.42 Å². The Labute approximate surface area is 114 Å². The molecule has 102 valence electrons. The van der Waals surface area contributed by atoms with Gasteiger partial charge in [0.15, 0.2) is 0 Å². The topological polar surface area (TPSA) is 70.0 Å². The molecule has 0 saturated heterocycles. The number of anilines is 1. The van der Waals surface area contributed by atoms with E-state index in [0.717, 1.165) is 18.2 Å². The molecule has 0 bridgehead atoms. The summed E-state index contributed by atoms with van der Waals surface area (Å²) in [6.07, 6.45) is 0. The summed E-state index contributed by atoms with van der Waals surface area (Å²) in [4.78, 5) is -0.576. The molecule has 4 nitrogen and oxygen atoms in total. The van der Waals surface area contributed by atoms with Crippen LogP contribution >= 0.6 is 0 Å². The van der Waals surface area contributed by atoms with Crippen LogP contribution in [0, 0.1) is 23.0 Å². The fraction of sp³-hybridized carbons (Fsp3) is 0. The van der Waals surface area contributed by atoms with Crippen molar-refractivity contribution in [3.8, 4) is 6.07 Å². The molecule has 20 heavy (non-hydrogen) atoms. The largest absolute Gasteiger partial charge is 0.278 e. The summed E-state index contributed by atoms with van der Waals surface area (Å²) in [6, 6.07) is 9.82. The van der Waals surface area contributed by atoms with E-state index in [-0.39, 0.29) is 5.69 Å². The molecule has 0 fully saturated rings. The Kier molecular flexibility index (Phi) is 3.68. The molecule has 2 aromatic rings. The number of nitriles is 1. The molecular formula is C13H8F2N2O2S. The Bertz CT molecular complexity index is 798. The summed E-state index contributed by atoms with van der Waals surface area (Å²) in [5.41, 5.74) is -0.692. The van der Waals surface area contributed by atoms with Crippen molar-refractivity contribution in [3.63, 3.8) is 0 Å². The molecule has 0 aliphatic rings. The molecule has 0 amide bonds. The number of nitrogens with zero attached hydrogens (tertiary/aromatic N) is 1. The highest BCUT2D eigenvalue weighted by molar-refractivity contribution is 7.92. The Morgan fingerprint density at radius 2 is 1.65 bits per heavy atom. The molecule has 2 aromatic carbocycles. The predicted molar refractivity (Wildman–Crippen MR) is 68.3 cm³/mol. The smallest absolute Gasteiger partial charge is 0.264 e. The van der Waals surface area contributed by atoms with Gasteiger partial charge in [-0.25, -0.2) is 17.2 Å². The molecule has 0 atom stereocenters. The molecule has 0 aromatic heterocycles. The molecule has 7 heteroatoms. The minimum absolute atomic E-state index is 0.240. The predicted octanol–water partition coefficient (Wildman–Crippen LogP) is 2.64. The summed E-state index contributed by atoms with van der Waals surface area (Å²) in [6.45, 7) is 0. The maximum Gasteiger partial charge on any atom is 0.264 e. The van der Waals surface area contributed by atoms with Crippen LogP contribution in [0.25, 0.3) is 0 Å². The number of rotatable bonds is 3. The molecule has 0 spiro atoms. The summed E-state index contributed by atoms with van der Waals surface area (Å²) in [7, 11) is -4.24. The lowest BCUT2D eigenvalue weighted by atomic mass is 10.2. The van der Waals surface area contributed by atoms with E-state index >= 15 is 0 Å². The van der Waals surface area contributed by atoms with Crippen molar-refractivity contribution in [1.29, 1.82) is 5.26 Å². The average molecular weight is 294 g/mol. The first-order valence-corrected chi connectivity index (χ1v) is 6.90. The van der Waals surface area contributed by atoms with Crippen LogP contribution in [0.15, 0.2) is 47.4 Å². The zero-order valence-electron chi connectivity index (χ0n) is 9.97. The van der Waals surface area contributed by atoms with E-state index in [9.17, 15) is 17.2 Å². The Morgan fingerprint density at radius 1 is 1.00 bits per heavy atom. The normalized spacial score (nSPS) is 10.8. The lowest BCUT2D eigenvalue weighted by Crippen LogP contribution is -2.15. The van der Waals surface area contributed by atoms with Crippen molar-refractivity contribution in [2.45, 2.75) is 4.90 Å². The van der Waals surface area contributed by atoms with Gasteiger partial charge in [-0.2, -0.15) is 5.26 Å². The third-order valence-electron chi connectivity index (χ3n) is 2.50. The summed E-state index contributed by atoms with van der Waals surface area (Å²) in [5.74, 6) is -1.80. The van der Waals surface area contributed by atoms with E-state index in [1.807, 2.05) is 4.72 Å².